The molecule has 3 aromatic rings. The average Bonchev–Trinajstić information content (AvgIpc) is 2.46. The smallest absolute Gasteiger partial charge is 0.141 e. The molecule has 0 radical (unpaired) electrons. The molecule has 3 rings (SSSR count). The van der Waals surface area contributed by atoms with Crippen LogP contribution >= 0.6 is 0 Å². The predicted molar refractivity (Wildman–Crippen MR) is 72.0 cm³/mol. The molecule has 0 aliphatic rings. The van der Waals surface area contributed by atoms with E-state index in [9.17, 15) is 4.39 Å². The summed E-state index contributed by atoms with van der Waals surface area (Å²) in [5.74, 6) is -0.388. The second kappa shape index (κ2) is 4.74. The Labute approximate surface area is 109 Å². The molecule has 0 saturated heterocycles. The summed E-state index contributed by atoms with van der Waals surface area (Å²) in [5, 5.41) is 2.04. The van der Waals surface area contributed by atoms with Crippen LogP contribution in [0.25, 0.3) is 10.8 Å². The molecule has 1 aromatic carbocycles. The van der Waals surface area contributed by atoms with E-state index in [0.717, 1.165) is 22.5 Å². The summed E-state index contributed by atoms with van der Waals surface area (Å²) < 4.78 is 13.2. The van der Waals surface area contributed by atoms with Crippen LogP contribution in [-0.2, 0) is 0 Å². The molecule has 0 aliphatic heterocycles. The summed E-state index contributed by atoms with van der Waals surface area (Å²) in [4.78, 5) is 8.02. The lowest BCUT2D eigenvalue weighted by Crippen LogP contribution is -2.13. The molecular formula is C15H12FN3. The quantitative estimate of drug-likeness (QED) is 0.764. The van der Waals surface area contributed by atoms with E-state index in [1.54, 1.807) is 18.6 Å². The normalized spacial score (nSPS) is 12.5. The van der Waals surface area contributed by atoms with Crippen molar-refractivity contribution >= 4 is 10.8 Å². The molecule has 2 N–H and O–H groups in total. The summed E-state index contributed by atoms with van der Waals surface area (Å²) in [6, 6.07) is 8.81. The zero-order chi connectivity index (χ0) is 13.2. The van der Waals surface area contributed by atoms with Crippen LogP contribution in [0.5, 0.6) is 0 Å². The van der Waals surface area contributed by atoms with Crippen LogP contribution in [0.15, 0.2) is 55.1 Å². The maximum absolute atomic E-state index is 13.2. The van der Waals surface area contributed by atoms with Gasteiger partial charge in [-0.1, -0.05) is 24.3 Å². The van der Waals surface area contributed by atoms with Crippen molar-refractivity contribution in [3.05, 3.63) is 72.1 Å². The molecule has 0 aliphatic carbocycles. The fraction of sp³-hybridized carbons (Fsp3) is 0.0667. The Balaban J connectivity index is 2.14. The number of fused-ring (bicyclic) bond motifs is 1. The summed E-state index contributed by atoms with van der Waals surface area (Å²) >= 11 is 0. The van der Waals surface area contributed by atoms with Crippen molar-refractivity contribution in [1.29, 1.82) is 0 Å². The number of halogens is 1. The van der Waals surface area contributed by atoms with Gasteiger partial charge in [0, 0.05) is 24.0 Å². The molecule has 0 fully saturated rings. The standard InChI is InChI=1S/C15H12FN3/c16-12-5-11(7-18-8-12)15(17)14-9-19-6-10-3-1-2-4-13(10)14/h1-9,15H,17H2. The molecule has 0 amide bonds. The molecule has 1 unspecified atom stereocenters. The monoisotopic (exact) mass is 253 g/mol. The molecule has 2 heterocycles. The fourth-order valence-electron chi connectivity index (χ4n) is 2.17. The SMILES string of the molecule is NC(c1cncc(F)c1)c1cncc2ccccc12. The first-order chi connectivity index (χ1) is 9.25. The number of aromatic nitrogens is 2. The number of nitrogens with zero attached hydrogens (tertiary/aromatic N) is 2. The van der Waals surface area contributed by atoms with Gasteiger partial charge in [-0.3, -0.25) is 9.97 Å². The van der Waals surface area contributed by atoms with Gasteiger partial charge in [-0.2, -0.15) is 0 Å². The number of rotatable bonds is 2. The van der Waals surface area contributed by atoms with E-state index in [0.29, 0.717) is 5.56 Å². The Morgan fingerprint density at radius 3 is 2.63 bits per heavy atom. The van der Waals surface area contributed by atoms with Gasteiger partial charge in [0.05, 0.1) is 12.2 Å². The maximum Gasteiger partial charge on any atom is 0.141 e. The zero-order valence-corrected chi connectivity index (χ0v) is 10.1. The summed E-state index contributed by atoms with van der Waals surface area (Å²) in [7, 11) is 0. The van der Waals surface area contributed by atoms with Crippen LogP contribution in [0.1, 0.15) is 17.2 Å². The van der Waals surface area contributed by atoms with E-state index in [4.69, 9.17) is 5.73 Å². The van der Waals surface area contributed by atoms with Gasteiger partial charge < -0.3 is 5.73 Å². The molecule has 0 bridgehead atoms. The lowest BCUT2D eigenvalue weighted by Gasteiger charge is -2.14. The van der Waals surface area contributed by atoms with Gasteiger partial charge in [0.25, 0.3) is 0 Å². The minimum Gasteiger partial charge on any atom is -0.320 e. The number of nitrogens with two attached hydrogens (primary N) is 1. The van der Waals surface area contributed by atoms with Crippen molar-refractivity contribution in [2.75, 3.05) is 0 Å². The lowest BCUT2D eigenvalue weighted by atomic mass is 9.97. The minimum absolute atomic E-state index is 0.388. The largest absolute Gasteiger partial charge is 0.320 e. The second-order valence-electron chi connectivity index (χ2n) is 4.36. The number of hydrogen-bond acceptors (Lipinski definition) is 3. The molecule has 0 saturated carbocycles. The van der Waals surface area contributed by atoms with E-state index >= 15 is 0 Å². The van der Waals surface area contributed by atoms with E-state index in [-0.39, 0.29) is 5.82 Å². The lowest BCUT2D eigenvalue weighted by molar-refractivity contribution is 0.616. The van der Waals surface area contributed by atoms with E-state index in [2.05, 4.69) is 9.97 Å². The first-order valence-electron chi connectivity index (χ1n) is 5.94. The molecule has 0 spiro atoms. The maximum atomic E-state index is 13.2. The molecule has 94 valence electrons. The van der Waals surface area contributed by atoms with E-state index in [1.807, 2.05) is 24.3 Å². The first kappa shape index (κ1) is 11.7. The molecule has 4 heteroatoms. The number of hydrogen-bond donors (Lipinski definition) is 1. The summed E-state index contributed by atoms with van der Waals surface area (Å²) in [5.41, 5.74) is 7.71. The first-order valence-corrected chi connectivity index (χ1v) is 5.94. The van der Waals surface area contributed by atoms with Crippen molar-refractivity contribution in [3.63, 3.8) is 0 Å². The molecule has 3 nitrogen and oxygen atoms in total. The van der Waals surface area contributed by atoms with Crippen LogP contribution in [-0.4, -0.2) is 9.97 Å². The van der Waals surface area contributed by atoms with Crippen molar-refractivity contribution in [2.45, 2.75) is 6.04 Å². The van der Waals surface area contributed by atoms with Gasteiger partial charge >= 0.3 is 0 Å². The van der Waals surface area contributed by atoms with Gasteiger partial charge in [0.2, 0.25) is 0 Å². The minimum atomic E-state index is -0.443. The predicted octanol–water partition coefficient (Wildman–Crippen LogP) is 2.82. The molecule has 2 aromatic heterocycles. The third-order valence-corrected chi connectivity index (χ3v) is 3.12. The van der Waals surface area contributed by atoms with Crippen LogP contribution < -0.4 is 5.73 Å². The highest BCUT2D eigenvalue weighted by Gasteiger charge is 2.13. The highest BCUT2D eigenvalue weighted by atomic mass is 19.1. The van der Waals surface area contributed by atoms with Crippen molar-refractivity contribution in [2.24, 2.45) is 5.73 Å². The highest BCUT2D eigenvalue weighted by molar-refractivity contribution is 5.85. The Kier molecular flexibility index (Phi) is 2.93. The van der Waals surface area contributed by atoms with Gasteiger partial charge in [-0.25, -0.2) is 4.39 Å². The van der Waals surface area contributed by atoms with E-state index < -0.39 is 6.04 Å². The van der Waals surface area contributed by atoms with Crippen LogP contribution in [0.4, 0.5) is 4.39 Å². The number of benzene rings is 1. The second-order valence-corrected chi connectivity index (χ2v) is 4.36. The van der Waals surface area contributed by atoms with E-state index in [1.165, 1.54) is 6.07 Å². The number of pyridine rings is 2. The van der Waals surface area contributed by atoms with Gasteiger partial charge in [0.15, 0.2) is 0 Å². The van der Waals surface area contributed by atoms with Crippen molar-refractivity contribution in [3.8, 4) is 0 Å². The Hall–Kier alpha value is -2.33. The molecule has 1 atom stereocenters. The van der Waals surface area contributed by atoms with Crippen LogP contribution in [0.3, 0.4) is 0 Å². The Morgan fingerprint density at radius 2 is 1.79 bits per heavy atom. The van der Waals surface area contributed by atoms with Gasteiger partial charge in [-0.15, -0.1) is 0 Å². The zero-order valence-electron chi connectivity index (χ0n) is 10.1. The van der Waals surface area contributed by atoms with Gasteiger partial charge in [-0.05, 0) is 22.6 Å². The topological polar surface area (TPSA) is 51.8 Å². The van der Waals surface area contributed by atoms with Crippen LogP contribution in [0, 0.1) is 5.82 Å². The molecule has 19 heavy (non-hydrogen) atoms. The average molecular weight is 253 g/mol. The van der Waals surface area contributed by atoms with Gasteiger partial charge in [0.1, 0.15) is 5.82 Å². The highest BCUT2D eigenvalue weighted by Crippen LogP contribution is 2.26. The van der Waals surface area contributed by atoms with Crippen LogP contribution in [0.2, 0.25) is 0 Å². The third kappa shape index (κ3) is 2.18. The fourth-order valence-corrected chi connectivity index (χ4v) is 2.17. The third-order valence-electron chi connectivity index (χ3n) is 3.12. The molecular weight excluding hydrogens is 241 g/mol. The Bertz CT molecular complexity index is 722. The van der Waals surface area contributed by atoms with Crippen molar-refractivity contribution < 1.29 is 4.39 Å². The summed E-state index contributed by atoms with van der Waals surface area (Å²) in [6.07, 6.45) is 6.25. The van der Waals surface area contributed by atoms with Crippen molar-refractivity contribution in [1.82, 2.24) is 9.97 Å². The Morgan fingerprint density at radius 1 is 1.00 bits per heavy atom. The summed E-state index contributed by atoms with van der Waals surface area (Å²) in [6.45, 7) is 0.